The Morgan fingerprint density at radius 1 is 1.36 bits per heavy atom. The van der Waals surface area contributed by atoms with Gasteiger partial charge < -0.3 is 9.72 Å². The van der Waals surface area contributed by atoms with E-state index in [9.17, 15) is 5.26 Å². The van der Waals surface area contributed by atoms with Crippen molar-refractivity contribution >= 4 is 22.6 Å². The van der Waals surface area contributed by atoms with Crippen LogP contribution in [0.1, 0.15) is 16.8 Å². The molecule has 0 aliphatic carbocycles. The van der Waals surface area contributed by atoms with E-state index >= 15 is 0 Å². The van der Waals surface area contributed by atoms with Gasteiger partial charge in [0, 0.05) is 34.6 Å². The van der Waals surface area contributed by atoms with Crippen molar-refractivity contribution in [2.45, 2.75) is 6.92 Å². The summed E-state index contributed by atoms with van der Waals surface area (Å²) in [4.78, 5) is 7.40. The Balaban J connectivity index is 2.21. The van der Waals surface area contributed by atoms with Crippen LogP contribution in [0.15, 0.2) is 42.7 Å². The second kappa shape index (κ2) is 5.74. The Labute approximate surface area is 128 Å². The minimum absolute atomic E-state index is 0.602. The maximum atomic E-state index is 9.59. The SMILES string of the molecule is COc1ccc2[nH]c(C)c(/C(C#N)=C/c3cccnc3)c2c1. The lowest BCUT2D eigenvalue weighted by molar-refractivity contribution is 0.415. The van der Waals surface area contributed by atoms with Gasteiger partial charge in [0.1, 0.15) is 5.75 Å². The number of pyridine rings is 1. The molecule has 0 aliphatic heterocycles. The summed E-state index contributed by atoms with van der Waals surface area (Å²) in [5, 5.41) is 10.6. The van der Waals surface area contributed by atoms with Crippen molar-refractivity contribution < 1.29 is 4.74 Å². The largest absolute Gasteiger partial charge is 0.497 e. The molecule has 0 saturated heterocycles. The number of nitrogens with zero attached hydrogens (tertiary/aromatic N) is 2. The maximum Gasteiger partial charge on any atom is 0.119 e. The average Bonchev–Trinajstić information content (AvgIpc) is 2.88. The highest BCUT2D eigenvalue weighted by Crippen LogP contribution is 2.32. The van der Waals surface area contributed by atoms with Crippen molar-refractivity contribution in [3.63, 3.8) is 0 Å². The van der Waals surface area contributed by atoms with Gasteiger partial charge >= 0.3 is 0 Å². The summed E-state index contributed by atoms with van der Waals surface area (Å²) in [5.74, 6) is 0.770. The molecule has 0 saturated carbocycles. The van der Waals surface area contributed by atoms with Crippen LogP contribution in [0.2, 0.25) is 0 Å². The second-order valence-corrected chi connectivity index (χ2v) is 4.99. The number of ether oxygens (including phenoxy) is 1. The van der Waals surface area contributed by atoms with Gasteiger partial charge in [0.15, 0.2) is 0 Å². The normalized spacial score (nSPS) is 11.4. The number of aromatic amines is 1. The highest BCUT2D eigenvalue weighted by molar-refractivity contribution is 6.02. The predicted octanol–water partition coefficient (Wildman–Crippen LogP) is 3.94. The highest BCUT2D eigenvalue weighted by atomic mass is 16.5. The fraction of sp³-hybridized carbons (Fsp3) is 0.111. The van der Waals surface area contributed by atoms with Crippen LogP contribution in [-0.2, 0) is 0 Å². The predicted molar refractivity (Wildman–Crippen MR) is 87.3 cm³/mol. The number of nitriles is 1. The Morgan fingerprint density at radius 3 is 2.91 bits per heavy atom. The summed E-state index contributed by atoms with van der Waals surface area (Å²) >= 11 is 0. The molecule has 4 heteroatoms. The lowest BCUT2D eigenvalue weighted by Gasteiger charge is -2.02. The summed E-state index contributed by atoms with van der Waals surface area (Å²) in [7, 11) is 1.64. The number of benzene rings is 1. The van der Waals surface area contributed by atoms with Gasteiger partial charge in [0.05, 0.1) is 18.8 Å². The van der Waals surface area contributed by atoms with Crippen molar-refractivity contribution in [3.05, 3.63) is 59.5 Å². The zero-order valence-electron chi connectivity index (χ0n) is 12.4. The van der Waals surface area contributed by atoms with Crippen LogP contribution in [0.4, 0.5) is 0 Å². The molecule has 0 unspecified atom stereocenters. The molecule has 1 aromatic carbocycles. The van der Waals surface area contributed by atoms with Crippen molar-refractivity contribution in [1.29, 1.82) is 5.26 Å². The first-order valence-corrected chi connectivity index (χ1v) is 6.91. The zero-order chi connectivity index (χ0) is 15.5. The number of methoxy groups -OCH3 is 1. The second-order valence-electron chi connectivity index (χ2n) is 4.99. The number of H-pyrrole nitrogens is 1. The quantitative estimate of drug-likeness (QED) is 0.743. The van der Waals surface area contributed by atoms with Gasteiger partial charge in [-0.2, -0.15) is 5.26 Å². The van der Waals surface area contributed by atoms with Crippen molar-refractivity contribution in [2.24, 2.45) is 0 Å². The molecule has 0 atom stereocenters. The Morgan fingerprint density at radius 2 is 2.23 bits per heavy atom. The molecule has 2 heterocycles. The molecule has 2 aromatic heterocycles. The van der Waals surface area contributed by atoms with E-state index in [1.165, 1.54) is 0 Å². The van der Waals surface area contributed by atoms with E-state index in [4.69, 9.17) is 4.74 Å². The van der Waals surface area contributed by atoms with E-state index in [-0.39, 0.29) is 0 Å². The molecule has 108 valence electrons. The van der Waals surface area contributed by atoms with Crippen LogP contribution in [-0.4, -0.2) is 17.1 Å². The topological polar surface area (TPSA) is 61.7 Å². The number of aryl methyl sites for hydroxylation is 1. The molecule has 0 spiro atoms. The smallest absolute Gasteiger partial charge is 0.119 e. The molecule has 4 nitrogen and oxygen atoms in total. The van der Waals surface area contributed by atoms with Gasteiger partial charge in [-0.05, 0) is 42.8 Å². The summed E-state index contributed by atoms with van der Waals surface area (Å²) < 4.78 is 5.29. The van der Waals surface area contributed by atoms with Gasteiger partial charge in [0.2, 0.25) is 0 Å². The number of hydrogen-bond donors (Lipinski definition) is 1. The third kappa shape index (κ3) is 2.45. The van der Waals surface area contributed by atoms with Crippen molar-refractivity contribution in [1.82, 2.24) is 9.97 Å². The summed E-state index contributed by atoms with van der Waals surface area (Å²) in [6, 6.07) is 11.9. The first kappa shape index (κ1) is 13.9. The van der Waals surface area contributed by atoms with E-state index in [0.29, 0.717) is 5.57 Å². The molecule has 22 heavy (non-hydrogen) atoms. The lowest BCUT2D eigenvalue weighted by atomic mass is 10.0. The molecule has 1 N–H and O–H groups in total. The van der Waals surface area contributed by atoms with E-state index in [2.05, 4.69) is 16.0 Å². The first-order chi connectivity index (χ1) is 10.7. The minimum atomic E-state index is 0.602. The summed E-state index contributed by atoms with van der Waals surface area (Å²) in [6.07, 6.45) is 5.30. The Hall–Kier alpha value is -3.06. The molecular weight excluding hydrogens is 274 g/mol. The highest BCUT2D eigenvalue weighted by Gasteiger charge is 2.13. The van der Waals surface area contributed by atoms with Gasteiger partial charge in [-0.1, -0.05) is 6.07 Å². The Bertz CT molecular complexity index is 886. The first-order valence-electron chi connectivity index (χ1n) is 6.91. The molecule has 0 fully saturated rings. The molecular formula is C18H15N3O. The monoisotopic (exact) mass is 289 g/mol. The molecule has 0 aliphatic rings. The van der Waals surface area contributed by atoms with Crippen LogP contribution < -0.4 is 4.74 Å². The number of hydrogen-bond acceptors (Lipinski definition) is 3. The van der Waals surface area contributed by atoms with Gasteiger partial charge in [0.25, 0.3) is 0 Å². The van der Waals surface area contributed by atoms with E-state index in [0.717, 1.165) is 33.5 Å². The third-order valence-corrected chi connectivity index (χ3v) is 3.58. The third-order valence-electron chi connectivity index (χ3n) is 3.58. The molecule has 3 rings (SSSR count). The number of rotatable bonds is 3. The van der Waals surface area contributed by atoms with Gasteiger partial charge in [-0.3, -0.25) is 4.98 Å². The summed E-state index contributed by atoms with van der Waals surface area (Å²) in [6.45, 7) is 1.97. The molecule has 3 aromatic rings. The van der Waals surface area contributed by atoms with Crippen LogP contribution >= 0.6 is 0 Å². The lowest BCUT2D eigenvalue weighted by Crippen LogP contribution is -1.86. The van der Waals surface area contributed by atoms with Gasteiger partial charge in [-0.15, -0.1) is 0 Å². The number of aromatic nitrogens is 2. The Kier molecular flexibility index (Phi) is 3.63. The molecule has 0 amide bonds. The fourth-order valence-corrected chi connectivity index (χ4v) is 2.57. The molecule has 0 bridgehead atoms. The molecule has 0 radical (unpaired) electrons. The zero-order valence-corrected chi connectivity index (χ0v) is 12.4. The minimum Gasteiger partial charge on any atom is -0.497 e. The van der Waals surface area contributed by atoms with Gasteiger partial charge in [-0.25, -0.2) is 0 Å². The van der Waals surface area contributed by atoms with Crippen molar-refractivity contribution in [3.8, 4) is 11.8 Å². The van der Waals surface area contributed by atoms with E-state index < -0.39 is 0 Å². The fourth-order valence-electron chi connectivity index (χ4n) is 2.57. The number of fused-ring (bicyclic) bond motifs is 1. The maximum absolute atomic E-state index is 9.59. The van der Waals surface area contributed by atoms with E-state index in [1.54, 1.807) is 19.5 Å². The average molecular weight is 289 g/mol. The van der Waals surface area contributed by atoms with Crippen LogP contribution in [0.3, 0.4) is 0 Å². The standard InChI is InChI=1S/C18H15N3O/c1-12-18(14(10-19)8-13-4-3-7-20-11-13)16-9-15(22-2)5-6-17(16)21-12/h3-9,11,21H,1-2H3/b14-8+. The number of nitrogens with one attached hydrogen (secondary N) is 1. The van der Waals surface area contributed by atoms with Crippen LogP contribution in [0, 0.1) is 18.3 Å². The van der Waals surface area contributed by atoms with Crippen LogP contribution in [0.25, 0.3) is 22.6 Å². The summed E-state index contributed by atoms with van der Waals surface area (Å²) in [5.41, 5.74) is 4.35. The van der Waals surface area contributed by atoms with Crippen molar-refractivity contribution in [2.75, 3.05) is 7.11 Å². The van der Waals surface area contributed by atoms with Crippen LogP contribution in [0.5, 0.6) is 5.75 Å². The number of allylic oxidation sites excluding steroid dienone is 1. The van der Waals surface area contributed by atoms with E-state index in [1.807, 2.05) is 43.3 Å².